The zero-order valence-electron chi connectivity index (χ0n) is 42.0. The Labute approximate surface area is 420 Å². The molecule has 0 saturated carbocycles. The van der Waals surface area contributed by atoms with Gasteiger partial charge >= 0.3 is 0 Å². The second-order valence-corrected chi connectivity index (χ2v) is 19.4. The van der Waals surface area contributed by atoms with Crippen molar-refractivity contribution in [3.8, 4) is 56.0 Å². The highest BCUT2D eigenvalue weighted by Crippen LogP contribution is 2.64. The van der Waals surface area contributed by atoms with Gasteiger partial charge < -0.3 is 14.1 Å². The molecule has 0 bridgehead atoms. The Morgan fingerprint density at radius 1 is 0.437 bits per heavy atom. The van der Waals surface area contributed by atoms with Crippen molar-refractivity contribution in [1.82, 2.24) is 0 Å². The highest BCUT2D eigenvalue weighted by molar-refractivity contribution is 7.26. The predicted molar refractivity (Wildman–Crippen MR) is 295 cm³/mol. The van der Waals surface area contributed by atoms with Crippen molar-refractivity contribution < 1.29 is 14.6 Å². The zero-order valence-corrected chi connectivity index (χ0v) is 38.9. The van der Waals surface area contributed by atoms with Crippen LogP contribution in [0.25, 0.3) is 86.6 Å². The van der Waals surface area contributed by atoms with E-state index in [9.17, 15) is 5.48 Å². The quantitative estimate of drug-likeness (QED) is 0.166. The summed E-state index contributed by atoms with van der Waals surface area (Å²) in [5.74, 6) is 1.15. The van der Waals surface area contributed by atoms with E-state index in [-0.39, 0.29) is 29.7 Å². The Bertz CT molecular complexity index is 4480. The molecule has 71 heavy (non-hydrogen) atoms. The lowest BCUT2D eigenvalue weighted by Gasteiger charge is -2.41. The molecule has 1 spiro atoms. The number of thiophene rings is 1. The van der Waals surface area contributed by atoms with Gasteiger partial charge in [-0.3, -0.25) is 0 Å². The first-order chi connectivity index (χ1) is 36.9. The van der Waals surface area contributed by atoms with Crippen LogP contribution < -0.4 is 9.64 Å². The maximum Gasteiger partial charge on any atom is 0.140 e. The van der Waals surface area contributed by atoms with Crippen LogP contribution in [0.5, 0.6) is 11.5 Å². The molecule has 15 rings (SSSR count). The minimum absolute atomic E-state index is 0.0170. The maximum atomic E-state index is 10.5. The maximum absolute atomic E-state index is 10.5. The van der Waals surface area contributed by atoms with E-state index in [1.165, 1.54) is 0 Å². The topological polar surface area (TPSA) is 25.6 Å². The second-order valence-electron chi connectivity index (χ2n) is 18.3. The lowest BCUT2D eigenvalue weighted by atomic mass is 9.65. The summed E-state index contributed by atoms with van der Waals surface area (Å²) in [6, 6.07) is 76.5. The summed E-state index contributed by atoms with van der Waals surface area (Å²) in [5.41, 5.74) is 13.1. The number of rotatable bonds is 6. The van der Waals surface area contributed by atoms with E-state index in [1.54, 1.807) is 11.3 Å². The first-order valence-electron chi connectivity index (χ1n) is 25.9. The SMILES string of the molecule is [2H]c1c([2H])c(-c2cc(N(c3ccccc3)c3cccc4oc5ccc(-c6ccccc6)cc5c34)cc3c2Oc2ccccc2C32c3ccccc3-c3ccccc32)c([2H])c(-c2cccc3c2sc2ccccc23)c1[2H]. The smallest absolute Gasteiger partial charge is 0.140 e. The van der Waals surface area contributed by atoms with Crippen LogP contribution in [0.15, 0.2) is 253 Å². The summed E-state index contributed by atoms with van der Waals surface area (Å²) >= 11 is 1.62. The highest BCUT2D eigenvalue weighted by Gasteiger charge is 2.52. The lowest BCUT2D eigenvalue weighted by molar-refractivity contribution is 0.438. The average Bonchev–Trinajstić information content (AvgIpc) is 4.13. The second kappa shape index (κ2) is 15.5. The summed E-state index contributed by atoms with van der Waals surface area (Å²) in [4.78, 5) is 2.25. The van der Waals surface area contributed by atoms with Gasteiger partial charge in [0.05, 0.1) is 22.0 Å². The first kappa shape index (κ1) is 36.1. The molecule has 3 heterocycles. The third-order valence-electron chi connectivity index (χ3n) is 14.6. The van der Waals surface area contributed by atoms with Crippen molar-refractivity contribution >= 4 is 70.5 Å². The Morgan fingerprint density at radius 3 is 1.92 bits per heavy atom. The number of nitrogens with zero attached hydrogens (tertiary/aromatic N) is 1. The number of fused-ring (bicyclic) bond motifs is 15. The van der Waals surface area contributed by atoms with Crippen LogP contribution in [-0.2, 0) is 5.41 Å². The molecule has 0 unspecified atom stereocenters. The van der Waals surface area contributed by atoms with E-state index in [2.05, 4.69) is 150 Å². The Hall–Kier alpha value is -8.96. The van der Waals surface area contributed by atoms with Crippen LogP contribution in [0.1, 0.15) is 27.7 Å². The van der Waals surface area contributed by atoms with Gasteiger partial charge in [0.25, 0.3) is 0 Å². The van der Waals surface area contributed by atoms with Gasteiger partial charge in [-0.05, 0) is 117 Å². The van der Waals surface area contributed by atoms with E-state index in [4.69, 9.17) is 9.15 Å². The van der Waals surface area contributed by atoms with Gasteiger partial charge in [-0.1, -0.05) is 182 Å². The fraction of sp³-hybridized carbons (Fsp3) is 0.0149. The fourth-order valence-corrected chi connectivity index (χ4v) is 12.8. The van der Waals surface area contributed by atoms with Gasteiger partial charge in [0, 0.05) is 53.6 Å². The Morgan fingerprint density at radius 2 is 1.10 bits per heavy atom. The third kappa shape index (κ3) is 5.89. The molecular formula is C67H41NO2S. The van der Waals surface area contributed by atoms with Crippen LogP contribution in [0.2, 0.25) is 0 Å². The summed E-state index contributed by atoms with van der Waals surface area (Å²) in [6.45, 7) is 0. The largest absolute Gasteiger partial charge is 0.456 e. The van der Waals surface area contributed by atoms with Crippen molar-refractivity contribution in [2.45, 2.75) is 5.41 Å². The highest BCUT2D eigenvalue weighted by atomic mass is 32.1. The lowest BCUT2D eigenvalue weighted by Crippen LogP contribution is -2.32. The van der Waals surface area contributed by atoms with E-state index in [0.29, 0.717) is 28.2 Å². The van der Waals surface area contributed by atoms with E-state index < -0.39 is 5.41 Å². The number of hydrogen-bond acceptors (Lipinski definition) is 4. The molecule has 1 aliphatic heterocycles. The van der Waals surface area contributed by atoms with Gasteiger partial charge in [-0.2, -0.15) is 0 Å². The van der Waals surface area contributed by atoms with E-state index >= 15 is 0 Å². The van der Waals surface area contributed by atoms with Crippen molar-refractivity contribution in [2.24, 2.45) is 0 Å². The summed E-state index contributed by atoms with van der Waals surface area (Å²) in [7, 11) is 0. The monoisotopic (exact) mass is 927 g/mol. The molecule has 0 radical (unpaired) electrons. The number of anilines is 3. The molecule has 11 aromatic carbocycles. The van der Waals surface area contributed by atoms with Gasteiger partial charge in [0.1, 0.15) is 22.7 Å². The number of benzene rings is 11. The van der Waals surface area contributed by atoms with E-state index in [1.807, 2.05) is 78.9 Å². The minimum atomic E-state index is -0.932. The summed E-state index contributed by atoms with van der Waals surface area (Å²) < 4.78 is 55.8. The van der Waals surface area contributed by atoms with Crippen molar-refractivity contribution in [3.05, 3.63) is 271 Å². The Balaban J connectivity index is 1.09. The predicted octanol–water partition coefficient (Wildman–Crippen LogP) is 18.9. The molecule has 2 aliphatic rings. The summed E-state index contributed by atoms with van der Waals surface area (Å²) in [5, 5.41) is 3.99. The molecule has 3 nitrogen and oxygen atoms in total. The third-order valence-corrected chi connectivity index (χ3v) is 15.8. The normalized spacial score (nSPS) is 13.8. The van der Waals surface area contributed by atoms with Crippen LogP contribution >= 0.6 is 11.3 Å². The summed E-state index contributed by atoms with van der Waals surface area (Å²) in [6.07, 6.45) is 0. The number of para-hydroxylation sites is 2. The van der Waals surface area contributed by atoms with Crippen LogP contribution in [0, 0.1) is 0 Å². The zero-order chi connectivity index (χ0) is 50.1. The molecule has 0 atom stereocenters. The molecule has 4 heteroatoms. The van der Waals surface area contributed by atoms with Crippen molar-refractivity contribution in [2.75, 3.05) is 4.90 Å². The molecule has 13 aromatic rings. The molecular weight excluding hydrogens is 883 g/mol. The molecule has 2 aromatic heterocycles. The molecule has 332 valence electrons. The molecule has 0 amide bonds. The van der Waals surface area contributed by atoms with Crippen LogP contribution in [-0.4, -0.2) is 0 Å². The molecule has 0 N–H and O–H groups in total. The Kier molecular flexibility index (Phi) is 7.89. The fourth-order valence-electron chi connectivity index (χ4n) is 11.6. The van der Waals surface area contributed by atoms with Gasteiger partial charge in [-0.15, -0.1) is 11.3 Å². The first-order valence-corrected chi connectivity index (χ1v) is 24.7. The number of furan rings is 1. The standard InChI is InChI=1S/C67H41NO2S/c1-3-18-42(19-4-1)43-36-37-60-54(39-43)64-59(32-17-34-62(64)69-60)68(46-22-5-2-6-23-46)47-40-53(45-21-15-20-44(38-45)48-27-16-28-52-51-26-9-14-35-63(51)71-66(48)52)65-58(41-47)67(57-31-12-13-33-61(57)70-65)55-29-10-7-24-49(55)50-25-8-11-30-56(50)67/h1-41H/i15D,20D,21D,38D. The van der Waals surface area contributed by atoms with Gasteiger partial charge in [-0.25, -0.2) is 0 Å². The molecule has 0 saturated heterocycles. The molecule has 1 aliphatic carbocycles. The minimum Gasteiger partial charge on any atom is -0.456 e. The molecule has 0 fully saturated rings. The van der Waals surface area contributed by atoms with Crippen LogP contribution in [0.3, 0.4) is 0 Å². The van der Waals surface area contributed by atoms with E-state index in [0.717, 1.165) is 104 Å². The van der Waals surface area contributed by atoms with Crippen molar-refractivity contribution in [1.29, 1.82) is 0 Å². The number of ether oxygens (including phenoxy) is 1. The van der Waals surface area contributed by atoms with Crippen molar-refractivity contribution in [3.63, 3.8) is 0 Å². The average molecular weight is 928 g/mol. The van der Waals surface area contributed by atoms with Gasteiger partial charge in [0.2, 0.25) is 0 Å². The van der Waals surface area contributed by atoms with Gasteiger partial charge in [0.15, 0.2) is 0 Å². The number of hydrogen-bond donors (Lipinski definition) is 0. The van der Waals surface area contributed by atoms with Crippen LogP contribution in [0.4, 0.5) is 17.1 Å².